The summed E-state index contributed by atoms with van der Waals surface area (Å²) in [4.78, 5) is 0. The molecule has 2 aromatic rings. The van der Waals surface area contributed by atoms with Gasteiger partial charge in [-0.05, 0) is 44.8 Å². The summed E-state index contributed by atoms with van der Waals surface area (Å²) in [6.45, 7) is 7.61. The molecule has 0 radical (unpaired) electrons. The molecule has 1 fully saturated rings. The van der Waals surface area contributed by atoms with Crippen LogP contribution in [-0.2, 0) is 6.54 Å². The second-order valence-corrected chi connectivity index (χ2v) is 5.55. The lowest BCUT2D eigenvalue weighted by atomic mass is 10.0. The molecule has 1 aliphatic rings. The Morgan fingerprint density at radius 2 is 2.26 bits per heavy atom. The van der Waals surface area contributed by atoms with Crippen molar-refractivity contribution in [3.63, 3.8) is 0 Å². The summed E-state index contributed by atoms with van der Waals surface area (Å²) in [6, 6.07) is 8.64. The predicted octanol–water partition coefficient (Wildman–Crippen LogP) is 2.78. The smallest absolute Gasteiger partial charge is 0.0571 e. The highest BCUT2D eigenvalue weighted by molar-refractivity contribution is 5.65. The molecule has 0 saturated carbocycles. The molecule has 1 aliphatic heterocycles. The van der Waals surface area contributed by atoms with Gasteiger partial charge in [-0.15, -0.1) is 0 Å². The van der Waals surface area contributed by atoms with E-state index in [0.29, 0.717) is 0 Å². The van der Waals surface area contributed by atoms with Crippen molar-refractivity contribution in [3.8, 4) is 11.1 Å². The molecule has 0 aliphatic carbocycles. The number of aromatic nitrogens is 2. The number of nitrogens with one attached hydrogen (secondary N) is 1. The molecule has 1 saturated heterocycles. The predicted molar refractivity (Wildman–Crippen MR) is 78.1 cm³/mol. The Morgan fingerprint density at radius 3 is 3.00 bits per heavy atom. The van der Waals surface area contributed by atoms with E-state index in [2.05, 4.69) is 53.2 Å². The summed E-state index contributed by atoms with van der Waals surface area (Å²) >= 11 is 0. The van der Waals surface area contributed by atoms with Crippen molar-refractivity contribution in [2.45, 2.75) is 26.8 Å². The largest absolute Gasteiger partial charge is 0.316 e. The van der Waals surface area contributed by atoms with Crippen LogP contribution in [0.5, 0.6) is 0 Å². The van der Waals surface area contributed by atoms with Gasteiger partial charge in [0.05, 0.1) is 6.20 Å². The zero-order valence-electron chi connectivity index (χ0n) is 11.7. The summed E-state index contributed by atoms with van der Waals surface area (Å²) in [5.41, 5.74) is 5.10. The number of nitrogens with zero attached hydrogens (tertiary/aromatic N) is 2. The van der Waals surface area contributed by atoms with Gasteiger partial charge in [0.1, 0.15) is 0 Å². The van der Waals surface area contributed by atoms with Crippen LogP contribution in [0.3, 0.4) is 0 Å². The van der Waals surface area contributed by atoms with Gasteiger partial charge >= 0.3 is 0 Å². The molecule has 0 bridgehead atoms. The Bertz CT molecular complexity index is 565. The van der Waals surface area contributed by atoms with E-state index in [0.717, 1.165) is 25.6 Å². The average Bonchev–Trinajstić information content (AvgIpc) is 3.01. The molecule has 1 unspecified atom stereocenters. The molecule has 1 atom stereocenters. The normalized spacial score (nSPS) is 18.9. The van der Waals surface area contributed by atoms with E-state index >= 15 is 0 Å². The van der Waals surface area contributed by atoms with Crippen LogP contribution in [-0.4, -0.2) is 22.9 Å². The second-order valence-electron chi connectivity index (χ2n) is 5.55. The van der Waals surface area contributed by atoms with Crippen molar-refractivity contribution in [3.05, 3.63) is 41.7 Å². The molecule has 19 heavy (non-hydrogen) atoms. The highest BCUT2D eigenvalue weighted by atomic mass is 15.3. The number of hydrogen-bond acceptors (Lipinski definition) is 2. The monoisotopic (exact) mass is 255 g/mol. The molecule has 0 spiro atoms. The molecule has 3 heteroatoms. The van der Waals surface area contributed by atoms with Crippen LogP contribution in [0.15, 0.2) is 30.5 Å². The molecule has 1 N–H and O–H groups in total. The maximum atomic E-state index is 4.57. The van der Waals surface area contributed by atoms with Gasteiger partial charge in [0.15, 0.2) is 0 Å². The van der Waals surface area contributed by atoms with Gasteiger partial charge in [0.2, 0.25) is 0 Å². The molecular weight excluding hydrogens is 234 g/mol. The van der Waals surface area contributed by atoms with E-state index in [1.807, 2.05) is 6.20 Å². The highest BCUT2D eigenvalue weighted by Crippen LogP contribution is 2.24. The summed E-state index contributed by atoms with van der Waals surface area (Å²) in [6.07, 6.45) is 3.27. The Hall–Kier alpha value is -1.61. The minimum Gasteiger partial charge on any atom is -0.316 e. The topological polar surface area (TPSA) is 29.9 Å². The van der Waals surface area contributed by atoms with Gasteiger partial charge in [0, 0.05) is 17.8 Å². The fourth-order valence-electron chi connectivity index (χ4n) is 2.84. The van der Waals surface area contributed by atoms with Gasteiger partial charge in [-0.2, -0.15) is 5.10 Å². The summed E-state index contributed by atoms with van der Waals surface area (Å²) in [7, 11) is 0. The van der Waals surface area contributed by atoms with Gasteiger partial charge in [-0.25, -0.2) is 0 Å². The van der Waals surface area contributed by atoms with Crippen LogP contribution in [0.2, 0.25) is 0 Å². The maximum Gasteiger partial charge on any atom is 0.0571 e. The number of aryl methyl sites for hydroxylation is 1. The SMILES string of the molecule is Cc1cccc(-c2cnn(CC3CCNC3)c2C)c1. The first-order valence-corrected chi connectivity index (χ1v) is 7.04. The van der Waals surface area contributed by atoms with Crippen LogP contribution < -0.4 is 5.32 Å². The van der Waals surface area contributed by atoms with Gasteiger partial charge in [-0.3, -0.25) is 4.68 Å². The summed E-state index contributed by atoms with van der Waals surface area (Å²) in [5, 5.41) is 7.99. The lowest BCUT2D eigenvalue weighted by Gasteiger charge is -2.10. The van der Waals surface area contributed by atoms with Crippen LogP contribution in [0.1, 0.15) is 17.7 Å². The molecule has 2 heterocycles. The molecular formula is C16H21N3. The van der Waals surface area contributed by atoms with Gasteiger partial charge in [0.25, 0.3) is 0 Å². The third-order valence-electron chi connectivity index (χ3n) is 4.03. The van der Waals surface area contributed by atoms with Crippen molar-refractivity contribution >= 4 is 0 Å². The van der Waals surface area contributed by atoms with Crippen molar-refractivity contribution in [1.29, 1.82) is 0 Å². The Morgan fingerprint density at radius 1 is 1.37 bits per heavy atom. The van der Waals surface area contributed by atoms with Crippen molar-refractivity contribution in [1.82, 2.24) is 15.1 Å². The second kappa shape index (κ2) is 5.17. The van der Waals surface area contributed by atoms with Crippen LogP contribution in [0.4, 0.5) is 0 Å². The first kappa shape index (κ1) is 12.4. The van der Waals surface area contributed by atoms with E-state index in [-0.39, 0.29) is 0 Å². The van der Waals surface area contributed by atoms with E-state index in [9.17, 15) is 0 Å². The zero-order chi connectivity index (χ0) is 13.2. The molecule has 3 nitrogen and oxygen atoms in total. The minimum atomic E-state index is 0.726. The van der Waals surface area contributed by atoms with Crippen molar-refractivity contribution in [2.75, 3.05) is 13.1 Å². The standard InChI is InChI=1S/C16H21N3/c1-12-4-3-5-15(8-12)16-10-18-19(13(16)2)11-14-6-7-17-9-14/h3-5,8,10,14,17H,6-7,9,11H2,1-2H3. The van der Waals surface area contributed by atoms with E-state index in [1.165, 1.54) is 28.8 Å². The van der Waals surface area contributed by atoms with Crippen molar-refractivity contribution < 1.29 is 0 Å². The lowest BCUT2D eigenvalue weighted by Crippen LogP contribution is -2.16. The average molecular weight is 255 g/mol. The summed E-state index contributed by atoms with van der Waals surface area (Å²) in [5.74, 6) is 0.726. The van der Waals surface area contributed by atoms with Gasteiger partial charge in [-0.1, -0.05) is 29.8 Å². The Kier molecular flexibility index (Phi) is 3.38. The fraction of sp³-hybridized carbons (Fsp3) is 0.438. The van der Waals surface area contributed by atoms with Crippen LogP contribution in [0, 0.1) is 19.8 Å². The molecule has 100 valence electrons. The summed E-state index contributed by atoms with van der Waals surface area (Å²) < 4.78 is 2.16. The van der Waals surface area contributed by atoms with Crippen molar-refractivity contribution in [2.24, 2.45) is 5.92 Å². The third kappa shape index (κ3) is 2.56. The van der Waals surface area contributed by atoms with E-state index in [1.54, 1.807) is 0 Å². The number of rotatable bonds is 3. The third-order valence-corrected chi connectivity index (χ3v) is 4.03. The van der Waals surface area contributed by atoms with E-state index < -0.39 is 0 Å². The van der Waals surface area contributed by atoms with E-state index in [4.69, 9.17) is 0 Å². The first-order valence-electron chi connectivity index (χ1n) is 7.04. The Balaban J connectivity index is 1.85. The molecule has 3 rings (SSSR count). The van der Waals surface area contributed by atoms with Crippen LogP contribution >= 0.6 is 0 Å². The lowest BCUT2D eigenvalue weighted by molar-refractivity contribution is 0.443. The number of benzene rings is 1. The number of hydrogen-bond donors (Lipinski definition) is 1. The van der Waals surface area contributed by atoms with Gasteiger partial charge < -0.3 is 5.32 Å². The zero-order valence-corrected chi connectivity index (χ0v) is 11.7. The Labute approximate surface area is 114 Å². The maximum absolute atomic E-state index is 4.57. The fourth-order valence-corrected chi connectivity index (χ4v) is 2.84. The quantitative estimate of drug-likeness (QED) is 0.914. The first-order chi connectivity index (χ1) is 9.24. The molecule has 0 amide bonds. The minimum absolute atomic E-state index is 0.726. The van der Waals surface area contributed by atoms with Crippen LogP contribution in [0.25, 0.3) is 11.1 Å². The molecule has 1 aromatic heterocycles. The highest BCUT2D eigenvalue weighted by Gasteiger charge is 2.17. The molecule has 1 aromatic carbocycles.